The van der Waals surface area contributed by atoms with Crippen molar-refractivity contribution in [3.05, 3.63) is 177 Å². The molecule has 0 amide bonds. The number of aromatic hydroxyl groups is 1. The molecule has 1 N–H and O–H groups in total. The third-order valence-electron chi connectivity index (χ3n) is 8.79. The van der Waals surface area contributed by atoms with E-state index in [1.54, 1.807) is 12.1 Å². The van der Waals surface area contributed by atoms with Crippen molar-refractivity contribution in [1.29, 1.82) is 0 Å². The third kappa shape index (κ3) is 6.94. The van der Waals surface area contributed by atoms with Crippen LogP contribution in [0.5, 0.6) is 5.75 Å². The molecular weight excluding hydrogens is 853 g/mol. The largest absolute Gasteiger partial charge is 0.508 e. The molecule has 6 rings (SSSR count). The van der Waals surface area contributed by atoms with Gasteiger partial charge < -0.3 is 5.11 Å². The number of phenols is 1. The van der Waals surface area contributed by atoms with Gasteiger partial charge in [-0.3, -0.25) is 0 Å². The summed E-state index contributed by atoms with van der Waals surface area (Å²) in [5, 5.41) is 9.12. The van der Waals surface area contributed by atoms with E-state index in [0.717, 1.165) is 6.54 Å². The van der Waals surface area contributed by atoms with Crippen LogP contribution < -0.4 is 26.4 Å². The Morgan fingerprint density at radius 1 is 0.322 bits per heavy atom. The zero-order chi connectivity index (χ0) is 44.2. The highest BCUT2D eigenvalue weighted by Gasteiger charge is 2.52. The van der Waals surface area contributed by atoms with Crippen LogP contribution >= 0.6 is 0 Å². The molecule has 0 aliphatic heterocycles. The number of nitrogens with zero attached hydrogens (tertiary/aromatic N) is 1. The summed E-state index contributed by atoms with van der Waals surface area (Å²) in [4.78, 5) is 0. The fourth-order valence-electron chi connectivity index (χ4n) is 6.23. The molecule has 0 fully saturated rings. The van der Waals surface area contributed by atoms with Crippen LogP contribution in [0.2, 0.25) is 0 Å². The molecule has 1 heterocycles. The Morgan fingerprint density at radius 3 is 0.780 bits per heavy atom. The second-order valence-corrected chi connectivity index (χ2v) is 12.0. The van der Waals surface area contributed by atoms with Gasteiger partial charge in [-0.2, -0.15) is 0 Å². The number of phenolic OH excluding ortho intramolecular Hbond substituents is 1. The van der Waals surface area contributed by atoms with Crippen LogP contribution in [-0.4, -0.2) is 11.3 Å². The lowest BCUT2D eigenvalue weighted by Crippen LogP contribution is -2.81. The quantitative estimate of drug-likeness (QED) is 0.0604. The van der Waals surface area contributed by atoms with Crippen molar-refractivity contribution in [2.24, 2.45) is 0 Å². The fourth-order valence-corrected chi connectivity index (χ4v) is 6.23. The van der Waals surface area contributed by atoms with Gasteiger partial charge in [-0.05, 0) is 24.3 Å². The molecule has 0 radical (unpaired) electrons. The number of pyridine rings is 1. The summed E-state index contributed by atoms with van der Waals surface area (Å²) in [5.41, 5.74) is -13.1. The predicted octanol–water partition coefficient (Wildman–Crippen LogP) is 7.57. The lowest BCUT2D eigenvalue weighted by Gasteiger charge is -2.44. The Morgan fingerprint density at radius 2 is 0.542 bits per heavy atom. The van der Waals surface area contributed by atoms with E-state index in [2.05, 4.69) is 4.57 Å². The van der Waals surface area contributed by atoms with Gasteiger partial charge in [0.25, 0.3) is 0 Å². The van der Waals surface area contributed by atoms with E-state index in [1.165, 1.54) is 5.56 Å². The topological polar surface area (TPSA) is 24.1 Å². The van der Waals surface area contributed by atoms with Gasteiger partial charge in [0.2, 0.25) is 0 Å². The van der Waals surface area contributed by atoms with Crippen LogP contribution in [0.1, 0.15) is 5.56 Å². The Balaban J connectivity index is 0.000000395. The highest BCUT2D eigenvalue weighted by molar-refractivity contribution is 7.20. The van der Waals surface area contributed by atoms with Gasteiger partial charge in [-0.25, -0.2) is 92.4 Å². The normalized spacial score (nSPS) is 11.5. The van der Waals surface area contributed by atoms with Crippen LogP contribution in [0.15, 0.2) is 54.9 Å². The molecule has 0 atom stereocenters. The molecule has 59 heavy (non-hydrogen) atoms. The summed E-state index contributed by atoms with van der Waals surface area (Å²) < 4.78 is 296. The van der Waals surface area contributed by atoms with Crippen molar-refractivity contribution in [3.63, 3.8) is 0 Å². The van der Waals surface area contributed by atoms with E-state index in [0.29, 0.717) is 5.75 Å². The number of hydrogen-bond acceptors (Lipinski definition) is 1. The summed E-state index contributed by atoms with van der Waals surface area (Å²) in [6, 6.07) is 13.3. The van der Waals surface area contributed by atoms with Gasteiger partial charge in [-0.1, -0.05) is 6.07 Å². The average molecular weight is 865 g/mol. The van der Waals surface area contributed by atoms with Crippen LogP contribution in [0, 0.1) is 116 Å². The molecule has 0 spiro atoms. The first-order chi connectivity index (χ1) is 27.5. The van der Waals surface area contributed by atoms with Gasteiger partial charge in [0.1, 0.15) is 58.4 Å². The van der Waals surface area contributed by atoms with Crippen LogP contribution in [0.4, 0.5) is 87.8 Å². The van der Waals surface area contributed by atoms with E-state index in [1.807, 2.05) is 42.7 Å². The molecule has 2 nitrogen and oxygen atoms in total. The van der Waals surface area contributed by atoms with Gasteiger partial charge in [-0.15, -0.1) is 21.9 Å². The Labute approximate surface area is 314 Å². The molecular formula is C36H12BF20NO. The monoisotopic (exact) mass is 865 g/mol. The van der Waals surface area contributed by atoms with E-state index in [-0.39, 0.29) is 0 Å². The molecule has 1 aromatic heterocycles. The first-order valence-corrected chi connectivity index (χ1v) is 15.5. The summed E-state index contributed by atoms with van der Waals surface area (Å²) >= 11 is 0. The molecule has 6 aromatic rings. The van der Waals surface area contributed by atoms with Crippen molar-refractivity contribution < 1.29 is 97.5 Å². The van der Waals surface area contributed by atoms with Crippen molar-refractivity contribution in [1.82, 2.24) is 0 Å². The summed E-state index contributed by atoms with van der Waals surface area (Å²) in [6.45, 7) is 0.834. The second-order valence-electron chi connectivity index (χ2n) is 12.0. The maximum absolute atomic E-state index is 15.4. The maximum atomic E-state index is 15.4. The zero-order valence-corrected chi connectivity index (χ0v) is 27.9. The Bertz CT molecular complexity index is 2260. The lowest BCUT2D eigenvalue weighted by atomic mass is 9.12. The fraction of sp³-hybridized carbons (Fsp3) is 0.0278. The summed E-state index contributed by atoms with van der Waals surface area (Å²) in [5.74, 6) is -71.1. The zero-order valence-electron chi connectivity index (χ0n) is 27.9. The van der Waals surface area contributed by atoms with E-state index >= 15 is 35.1 Å². The minimum atomic E-state index is -7.22. The molecule has 0 saturated carbocycles. The van der Waals surface area contributed by atoms with E-state index < -0.39 is 144 Å². The van der Waals surface area contributed by atoms with Crippen LogP contribution in [0.25, 0.3) is 0 Å². The molecule has 0 unspecified atom stereocenters. The molecule has 23 heteroatoms. The predicted molar refractivity (Wildman–Crippen MR) is 163 cm³/mol. The van der Waals surface area contributed by atoms with E-state index in [9.17, 15) is 52.7 Å². The minimum Gasteiger partial charge on any atom is -0.508 e. The van der Waals surface area contributed by atoms with Crippen molar-refractivity contribution in [2.45, 2.75) is 6.54 Å². The van der Waals surface area contributed by atoms with Gasteiger partial charge in [0.05, 0.1) is 0 Å². The van der Waals surface area contributed by atoms with Crippen LogP contribution in [0.3, 0.4) is 0 Å². The van der Waals surface area contributed by atoms with Crippen molar-refractivity contribution >= 4 is 28.0 Å². The molecule has 5 aromatic carbocycles. The number of rotatable bonds is 6. The summed E-state index contributed by atoms with van der Waals surface area (Å²) in [7, 11) is 0. The standard InChI is InChI=1S/C24BF20.C12H11NO/c26-5-1(6(27)14(35)21(42)13(5)34)25(2-7(28)15(36)22(43)16(37)8(2)29,3-9(30)17(38)23(44)18(39)10(3)31)4-11(32)19(40)24(45)20(41)12(4)33;14-12-6-4-11(5-7-12)10-13-8-2-1-3-9-13/h;1-9H,10H2/q-1;/p+1. The molecule has 0 saturated heterocycles. The first-order valence-electron chi connectivity index (χ1n) is 15.5. The number of benzene rings is 5. The van der Waals surface area contributed by atoms with Gasteiger partial charge in [0.15, 0.2) is 88.7 Å². The average Bonchev–Trinajstić information content (AvgIpc) is 3.22. The summed E-state index contributed by atoms with van der Waals surface area (Å²) in [6.07, 6.45) is -3.18. The van der Waals surface area contributed by atoms with Gasteiger partial charge in [0, 0.05) is 17.7 Å². The highest BCUT2D eigenvalue weighted by Crippen LogP contribution is 2.30. The second kappa shape index (κ2) is 16.2. The minimum absolute atomic E-state index is 0.312. The molecule has 310 valence electrons. The van der Waals surface area contributed by atoms with Gasteiger partial charge >= 0.3 is 0 Å². The Kier molecular flexibility index (Phi) is 12.0. The Hall–Kier alpha value is -6.29. The molecule has 0 bridgehead atoms. The van der Waals surface area contributed by atoms with Crippen LogP contribution in [-0.2, 0) is 6.54 Å². The first kappa shape index (κ1) is 43.8. The highest BCUT2D eigenvalue weighted by atomic mass is 19.2. The third-order valence-corrected chi connectivity index (χ3v) is 8.79. The molecule has 0 aliphatic carbocycles. The lowest BCUT2D eigenvalue weighted by molar-refractivity contribution is -0.688. The molecule has 0 aliphatic rings. The number of hydrogen-bond donors (Lipinski definition) is 1. The van der Waals surface area contributed by atoms with Crippen molar-refractivity contribution in [3.8, 4) is 5.75 Å². The smallest absolute Gasteiger partial charge is 0.200 e. The number of halogens is 20. The maximum Gasteiger partial charge on any atom is 0.200 e. The van der Waals surface area contributed by atoms with E-state index in [4.69, 9.17) is 5.11 Å². The number of aromatic nitrogens is 1. The van der Waals surface area contributed by atoms with Crippen molar-refractivity contribution in [2.75, 3.05) is 0 Å². The SMILES string of the molecule is Fc1c(F)c(F)c([B-](c2c(F)c(F)c(F)c(F)c2F)(c2c(F)c(F)c(F)c(F)c2F)c2c(F)c(F)c(F)c(F)c2F)c(F)c1F.Oc1ccc(C[n+]2ccccc2)cc1.